The molecule has 0 aliphatic rings. The predicted molar refractivity (Wildman–Crippen MR) is 79.3 cm³/mol. The highest BCUT2D eigenvalue weighted by Crippen LogP contribution is 2.26. The van der Waals surface area contributed by atoms with E-state index in [4.69, 9.17) is 4.74 Å². The maximum atomic E-state index is 13.2. The van der Waals surface area contributed by atoms with Gasteiger partial charge < -0.3 is 10.1 Å². The Hall–Kier alpha value is -1.94. The first kappa shape index (κ1) is 15.4. The molecule has 0 saturated carbocycles. The second-order valence-corrected chi connectivity index (χ2v) is 5.10. The summed E-state index contributed by atoms with van der Waals surface area (Å²) in [7, 11) is 1.64. The molecule has 0 spiro atoms. The Kier molecular flexibility index (Phi) is 4.91. The molecular formula is C17H19F2NO. The maximum absolute atomic E-state index is 13.2. The number of hydrogen-bond acceptors (Lipinski definition) is 2. The summed E-state index contributed by atoms with van der Waals surface area (Å²) in [6.07, 6.45) is 0. The molecule has 0 radical (unpaired) electrons. The molecule has 0 amide bonds. The molecule has 2 rings (SSSR count). The highest BCUT2D eigenvalue weighted by atomic mass is 19.2. The van der Waals surface area contributed by atoms with E-state index in [9.17, 15) is 8.78 Å². The second-order valence-electron chi connectivity index (χ2n) is 5.10. The van der Waals surface area contributed by atoms with E-state index < -0.39 is 11.6 Å². The summed E-state index contributed by atoms with van der Waals surface area (Å²) >= 11 is 0. The van der Waals surface area contributed by atoms with Crippen LogP contribution >= 0.6 is 0 Å². The lowest BCUT2D eigenvalue weighted by Gasteiger charge is -2.18. The van der Waals surface area contributed by atoms with Gasteiger partial charge in [-0.3, -0.25) is 0 Å². The Morgan fingerprint density at radius 2 is 1.86 bits per heavy atom. The van der Waals surface area contributed by atoms with Crippen LogP contribution in [0.1, 0.15) is 29.7 Å². The quantitative estimate of drug-likeness (QED) is 0.894. The van der Waals surface area contributed by atoms with Crippen molar-refractivity contribution in [2.75, 3.05) is 7.11 Å². The molecule has 4 heteroatoms. The smallest absolute Gasteiger partial charge is 0.159 e. The van der Waals surface area contributed by atoms with Crippen LogP contribution in [0.25, 0.3) is 0 Å². The van der Waals surface area contributed by atoms with Gasteiger partial charge in [-0.25, -0.2) is 8.78 Å². The average Bonchev–Trinajstić information content (AvgIpc) is 2.48. The first-order valence-corrected chi connectivity index (χ1v) is 6.83. The Morgan fingerprint density at radius 3 is 2.52 bits per heavy atom. The summed E-state index contributed by atoms with van der Waals surface area (Å²) in [4.78, 5) is 0. The number of rotatable bonds is 5. The first-order valence-electron chi connectivity index (χ1n) is 6.83. The van der Waals surface area contributed by atoms with Crippen molar-refractivity contribution in [3.8, 4) is 5.75 Å². The van der Waals surface area contributed by atoms with Crippen molar-refractivity contribution < 1.29 is 13.5 Å². The van der Waals surface area contributed by atoms with Crippen molar-refractivity contribution in [2.45, 2.75) is 26.4 Å². The Balaban J connectivity index is 2.07. The summed E-state index contributed by atoms with van der Waals surface area (Å²) in [6.45, 7) is 4.47. The minimum atomic E-state index is -0.827. The molecule has 0 bridgehead atoms. The standard InChI is InChI=1S/C17H19F2NO/c1-11-4-6-14(17(8-11)21-3)12(2)20-10-13-5-7-15(18)16(19)9-13/h4-9,12,20H,10H2,1-3H3. The fourth-order valence-electron chi connectivity index (χ4n) is 2.21. The van der Waals surface area contributed by atoms with Crippen molar-refractivity contribution in [1.82, 2.24) is 5.32 Å². The molecule has 2 nitrogen and oxygen atoms in total. The highest BCUT2D eigenvalue weighted by Gasteiger charge is 2.11. The fraction of sp³-hybridized carbons (Fsp3) is 0.294. The third-order valence-corrected chi connectivity index (χ3v) is 3.45. The fourth-order valence-corrected chi connectivity index (χ4v) is 2.21. The number of hydrogen-bond donors (Lipinski definition) is 1. The lowest BCUT2D eigenvalue weighted by atomic mass is 10.0. The van der Waals surface area contributed by atoms with Crippen molar-refractivity contribution in [3.63, 3.8) is 0 Å². The van der Waals surface area contributed by atoms with Crippen molar-refractivity contribution in [1.29, 1.82) is 0 Å². The first-order chi connectivity index (χ1) is 10.0. The molecule has 0 saturated heterocycles. The summed E-state index contributed by atoms with van der Waals surface area (Å²) < 4.78 is 31.4. The zero-order valence-corrected chi connectivity index (χ0v) is 12.4. The van der Waals surface area contributed by atoms with Crippen molar-refractivity contribution in [2.24, 2.45) is 0 Å². The van der Waals surface area contributed by atoms with Crippen LogP contribution in [0.5, 0.6) is 5.75 Å². The molecule has 0 fully saturated rings. The van der Waals surface area contributed by atoms with E-state index in [1.165, 1.54) is 6.07 Å². The molecule has 2 aromatic carbocycles. The molecule has 0 aromatic heterocycles. The van der Waals surface area contributed by atoms with Crippen LogP contribution in [0.4, 0.5) is 8.78 Å². The van der Waals surface area contributed by atoms with Gasteiger partial charge in [-0.05, 0) is 43.2 Å². The SMILES string of the molecule is COc1cc(C)ccc1C(C)NCc1ccc(F)c(F)c1. The average molecular weight is 291 g/mol. The van der Waals surface area contributed by atoms with E-state index in [2.05, 4.69) is 5.32 Å². The van der Waals surface area contributed by atoms with E-state index in [1.54, 1.807) is 13.2 Å². The van der Waals surface area contributed by atoms with Crippen molar-refractivity contribution in [3.05, 3.63) is 64.7 Å². The number of halogens is 2. The van der Waals surface area contributed by atoms with Gasteiger partial charge in [0.1, 0.15) is 5.75 Å². The zero-order valence-electron chi connectivity index (χ0n) is 12.4. The molecule has 112 valence electrons. The third kappa shape index (κ3) is 3.79. The molecule has 21 heavy (non-hydrogen) atoms. The highest BCUT2D eigenvalue weighted by molar-refractivity contribution is 5.39. The molecule has 0 heterocycles. The molecule has 2 aromatic rings. The number of aryl methyl sites for hydroxylation is 1. The van der Waals surface area contributed by atoms with Gasteiger partial charge in [0.15, 0.2) is 11.6 Å². The third-order valence-electron chi connectivity index (χ3n) is 3.45. The van der Waals surface area contributed by atoms with Crippen molar-refractivity contribution >= 4 is 0 Å². The van der Waals surface area contributed by atoms with Crippen LogP contribution in [0.15, 0.2) is 36.4 Å². The zero-order chi connectivity index (χ0) is 15.4. The topological polar surface area (TPSA) is 21.3 Å². The lowest BCUT2D eigenvalue weighted by Crippen LogP contribution is -2.19. The van der Waals surface area contributed by atoms with E-state index >= 15 is 0 Å². The van der Waals surface area contributed by atoms with Gasteiger partial charge in [0.25, 0.3) is 0 Å². The van der Waals surface area contributed by atoms with E-state index in [0.717, 1.165) is 22.9 Å². The second kappa shape index (κ2) is 6.68. The molecule has 1 atom stereocenters. The minimum absolute atomic E-state index is 0.0358. The molecule has 1 unspecified atom stereocenters. The van der Waals surface area contributed by atoms with Crippen LogP contribution in [0.3, 0.4) is 0 Å². The van der Waals surface area contributed by atoms with Crippen LogP contribution in [-0.4, -0.2) is 7.11 Å². The summed E-state index contributed by atoms with van der Waals surface area (Å²) in [5, 5.41) is 3.29. The van der Waals surface area contributed by atoms with Gasteiger partial charge in [-0.15, -0.1) is 0 Å². The largest absolute Gasteiger partial charge is 0.496 e. The summed E-state index contributed by atoms with van der Waals surface area (Å²) in [5.74, 6) is -0.831. The molecule has 0 aliphatic carbocycles. The number of benzene rings is 2. The maximum Gasteiger partial charge on any atom is 0.159 e. The van der Waals surface area contributed by atoms with Gasteiger partial charge in [-0.1, -0.05) is 18.2 Å². The van der Waals surface area contributed by atoms with Crippen LogP contribution in [0.2, 0.25) is 0 Å². The monoisotopic (exact) mass is 291 g/mol. The van der Waals surface area contributed by atoms with Crippen LogP contribution in [0, 0.1) is 18.6 Å². The molecular weight excluding hydrogens is 272 g/mol. The summed E-state index contributed by atoms with van der Waals surface area (Å²) in [6, 6.07) is 9.97. The van der Waals surface area contributed by atoms with Crippen LogP contribution < -0.4 is 10.1 Å². The molecule has 1 N–H and O–H groups in total. The van der Waals surface area contributed by atoms with E-state index in [0.29, 0.717) is 12.1 Å². The predicted octanol–water partition coefficient (Wildman–Crippen LogP) is 4.13. The van der Waals surface area contributed by atoms with Gasteiger partial charge in [0, 0.05) is 18.2 Å². The van der Waals surface area contributed by atoms with E-state index in [-0.39, 0.29) is 6.04 Å². The van der Waals surface area contributed by atoms with Gasteiger partial charge in [-0.2, -0.15) is 0 Å². The Bertz CT molecular complexity index is 628. The number of methoxy groups -OCH3 is 1. The van der Waals surface area contributed by atoms with E-state index in [1.807, 2.05) is 32.0 Å². The Morgan fingerprint density at radius 1 is 1.10 bits per heavy atom. The Labute approximate surface area is 123 Å². The van der Waals surface area contributed by atoms with Gasteiger partial charge in [0.05, 0.1) is 7.11 Å². The lowest BCUT2D eigenvalue weighted by molar-refractivity contribution is 0.401. The van der Waals surface area contributed by atoms with Crippen LogP contribution in [-0.2, 0) is 6.54 Å². The normalized spacial score (nSPS) is 12.2. The molecule has 0 aliphatic heterocycles. The minimum Gasteiger partial charge on any atom is -0.496 e. The van der Waals surface area contributed by atoms with Gasteiger partial charge >= 0.3 is 0 Å². The van der Waals surface area contributed by atoms with Gasteiger partial charge in [0.2, 0.25) is 0 Å². The number of nitrogens with one attached hydrogen (secondary N) is 1. The summed E-state index contributed by atoms with van der Waals surface area (Å²) in [5.41, 5.74) is 2.86. The number of ether oxygens (including phenoxy) is 1.